The van der Waals surface area contributed by atoms with Crippen LogP contribution in [0, 0.1) is 6.92 Å². The first-order chi connectivity index (χ1) is 10.6. The Hall–Kier alpha value is -1.94. The zero-order valence-electron chi connectivity index (χ0n) is 12.8. The molecule has 0 atom stereocenters. The van der Waals surface area contributed by atoms with Crippen molar-refractivity contribution < 1.29 is 13.9 Å². The summed E-state index contributed by atoms with van der Waals surface area (Å²) in [6.45, 7) is 4.95. The number of carbonyl (C=O) groups is 1. The third-order valence-electron chi connectivity index (χ3n) is 3.32. The third kappa shape index (κ3) is 4.28. The first-order valence-electron chi connectivity index (χ1n) is 7.29. The molecule has 2 rings (SSSR count). The Morgan fingerprint density at radius 3 is 2.64 bits per heavy atom. The zero-order valence-corrected chi connectivity index (χ0v) is 13.6. The average Bonchev–Trinajstić information content (AvgIpc) is 2.90. The second-order valence-electron chi connectivity index (χ2n) is 4.91. The van der Waals surface area contributed by atoms with Crippen molar-refractivity contribution in [2.75, 3.05) is 13.2 Å². The van der Waals surface area contributed by atoms with Crippen molar-refractivity contribution in [3.05, 3.63) is 53.0 Å². The Kier molecular flexibility index (Phi) is 5.90. The van der Waals surface area contributed by atoms with Crippen LogP contribution in [0.25, 0.3) is 0 Å². The number of hydrogen-bond donors (Lipinski definition) is 1. The van der Waals surface area contributed by atoms with Gasteiger partial charge in [0, 0.05) is 12.1 Å². The van der Waals surface area contributed by atoms with Crippen LogP contribution < -0.4 is 10.1 Å². The van der Waals surface area contributed by atoms with Crippen LogP contribution in [0.5, 0.6) is 5.75 Å². The standard InChI is InChI=1S/C17H20ClNO3/c1-3-21-15-6-4-13(5-7-15)8-9-19-17(20)16-10-14(11-18)12(2)22-16/h4-7,10H,3,8-9,11H2,1-2H3,(H,19,20). The van der Waals surface area contributed by atoms with E-state index in [1.165, 1.54) is 0 Å². The predicted molar refractivity (Wildman–Crippen MR) is 86.7 cm³/mol. The van der Waals surface area contributed by atoms with Crippen molar-refractivity contribution in [1.29, 1.82) is 0 Å². The van der Waals surface area contributed by atoms with E-state index in [0.29, 0.717) is 30.6 Å². The summed E-state index contributed by atoms with van der Waals surface area (Å²) in [7, 11) is 0. The van der Waals surface area contributed by atoms with Crippen LogP contribution in [0.15, 0.2) is 34.7 Å². The number of aryl methyl sites for hydroxylation is 1. The summed E-state index contributed by atoms with van der Waals surface area (Å²) >= 11 is 5.77. The van der Waals surface area contributed by atoms with Gasteiger partial charge in [0.05, 0.1) is 12.5 Å². The lowest BCUT2D eigenvalue weighted by Crippen LogP contribution is -2.25. The molecule has 0 spiro atoms. The van der Waals surface area contributed by atoms with Gasteiger partial charge in [0.1, 0.15) is 11.5 Å². The largest absolute Gasteiger partial charge is 0.494 e. The van der Waals surface area contributed by atoms with E-state index in [4.69, 9.17) is 20.8 Å². The maximum absolute atomic E-state index is 12.0. The fourth-order valence-corrected chi connectivity index (χ4v) is 2.36. The maximum Gasteiger partial charge on any atom is 0.287 e. The van der Waals surface area contributed by atoms with Gasteiger partial charge in [-0.25, -0.2) is 0 Å². The summed E-state index contributed by atoms with van der Waals surface area (Å²) in [6.07, 6.45) is 0.750. The number of nitrogens with one attached hydrogen (secondary N) is 1. The lowest BCUT2D eigenvalue weighted by Gasteiger charge is -2.06. The molecule has 22 heavy (non-hydrogen) atoms. The van der Waals surface area contributed by atoms with Crippen molar-refractivity contribution in [2.24, 2.45) is 0 Å². The predicted octanol–water partition coefficient (Wildman–Crippen LogP) is 3.70. The molecule has 1 aromatic carbocycles. The van der Waals surface area contributed by atoms with Crippen molar-refractivity contribution in [3.63, 3.8) is 0 Å². The summed E-state index contributed by atoms with van der Waals surface area (Å²) < 4.78 is 10.8. The summed E-state index contributed by atoms with van der Waals surface area (Å²) in [4.78, 5) is 12.0. The molecule has 2 aromatic rings. The highest BCUT2D eigenvalue weighted by Crippen LogP contribution is 2.16. The fourth-order valence-electron chi connectivity index (χ4n) is 2.09. The van der Waals surface area contributed by atoms with Crippen LogP contribution in [0.4, 0.5) is 0 Å². The Balaban J connectivity index is 1.83. The minimum Gasteiger partial charge on any atom is -0.494 e. The summed E-state index contributed by atoms with van der Waals surface area (Å²) in [5.41, 5.74) is 1.99. The van der Waals surface area contributed by atoms with Crippen molar-refractivity contribution in [3.8, 4) is 5.75 Å². The van der Waals surface area contributed by atoms with Gasteiger partial charge < -0.3 is 14.5 Å². The number of hydrogen-bond acceptors (Lipinski definition) is 3. The molecule has 0 aliphatic rings. The van der Waals surface area contributed by atoms with Crippen molar-refractivity contribution in [1.82, 2.24) is 5.32 Å². The molecule has 0 radical (unpaired) electrons. The highest BCUT2D eigenvalue weighted by molar-refractivity contribution is 6.17. The molecule has 1 heterocycles. The van der Waals surface area contributed by atoms with E-state index in [0.717, 1.165) is 23.3 Å². The molecule has 0 bridgehead atoms. The van der Waals surface area contributed by atoms with Gasteiger partial charge in [0.25, 0.3) is 5.91 Å². The van der Waals surface area contributed by atoms with Crippen LogP contribution >= 0.6 is 11.6 Å². The quantitative estimate of drug-likeness (QED) is 0.791. The first kappa shape index (κ1) is 16.4. The Labute approximate surface area is 135 Å². The number of halogens is 1. The monoisotopic (exact) mass is 321 g/mol. The number of benzene rings is 1. The molecule has 0 saturated carbocycles. The molecule has 0 saturated heterocycles. The lowest BCUT2D eigenvalue weighted by atomic mass is 10.1. The minimum atomic E-state index is -0.217. The topological polar surface area (TPSA) is 51.5 Å². The molecule has 0 aliphatic heterocycles. The van der Waals surface area contributed by atoms with E-state index in [1.54, 1.807) is 13.0 Å². The van der Waals surface area contributed by atoms with Gasteiger partial charge in [0.15, 0.2) is 5.76 Å². The molecule has 0 unspecified atom stereocenters. The van der Waals surface area contributed by atoms with Gasteiger partial charge in [-0.15, -0.1) is 11.6 Å². The van der Waals surface area contributed by atoms with Crippen molar-refractivity contribution >= 4 is 17.5 Å². The highest BCUT2D eigenvalue weighted by Gasteiger charge is 2.13. The van der Waals surface area contributed by atoms with Crippen LogP contribution in [0.1, 0.15) is 34.4 Å². The Morgan fingerprint density at radius 2 is 2.05 bits per heavy atom. The van der Waals surface area contributed by atoms with Gasteiger partial charge in [-0.1, -0.05) is 12.1 Å². The number of ether oxygens (including phenoxy) is 1. The van der Waals surface area contributed by atoms with Crippen LogP contribution in [-0.4, -0.2) is 19.1 Å². The van der Waals surface area contributed by atoms with Gasteiger partial charge in [-0.05, 0) is 44.0 Å². The number of alkyl halides is 1. The Morgan fingerprint density at radius 1 is 1.32 bits per heavy atom. The summed E-state index contributed by atoms with van der Waals surface area (Å²) in [5, 5.41) is 2.84. The molecular formula is C17H20ClNO3. The third-order valence-corrected chi connectivity index (χ3v) is 3.61. The molecule has 5 heteroatoms. The lowest BCUT2D eigenvalue weighted by molar-refractivity contribution is 0.0925. The first-order valence-corrected chi connectivity index (χ1v) is 7.82. The van der Waals surface area contributed by atoms with Crippen LogP contribution in [-0.2, 0) is 12.3 Å². The number of amides is 1. The van der Waals surface area contributed by atoms with Gasteiger partial charge in [0.2, 0.25) is 0 Å². The van der Waals surface area contributed by atoms with E-state index in [9.17, 15) is 4.79 Å². The van der Waals surface area contributed by atoms with Crippen molar-refractivity contribution in [2.45, 2.75) is 26.1 Å². The molecular weight excluding hydrogens is 302 g/mol. The van der Waals surface area contributed by atoms with Gasteiger partial charge >= 0.3 is 0 Å². The number of carbonyl (C=O) groups excluding carboxylic acids is 1. The molecule has 0 aliphatic carbocycles. The SMILES string of the molecule is CCOc1ccc(CCNC(=O)c2cc(CCl)c(C)o2)cc1. The second kappa shape index (κ2) is 7.90. The van der Waals surface area contributed by atoms with Crippen LogP contribution in [0.2, 0.25) is 0 Å². The molecule has 1 N–H and O–H groups in total. The number of rotatable bonds is 7. The smallest absolute Gasteiger partial charge is 0.287 e. The van der Waals surface area contributed by atoms with E-state index >= 15 is 0 Å². The molecule has 4 nitrogen and oxygen atoms in total. The molecule has 118 valence electrons. The normalized spacial score (nSPS) is 10.5. The highest BCUT2D eigenvalue weighted by atomic mass is 35.5. The van der Waals surface area contributed by atoms with Crippen LogP contribution in [0.3, 0.4) is 0 Å². The second-order valence-corrected chi connectivity index (χ2v) is 5.18. The maximum atomic E-state index is 12.0. The fraction of sp³-hybridized carbons (Fsp3) is 0.353. The Bertz CT molecular complexity index is 619. The van der Waals surface area contributed by atoms with E-state index in [1.807, 2.05) is 31.2 Å². The van der Waals surface area contributed by atoms with Gasteiger partial charge in [-0.3, -0.25) is 4.79 Å². The average molecular weight is 322 g/mol. The number of furan rings is 1. The molecule has 1 amide bonds. The zero-order chi connectivity index (χ0) is 15.9. The summed E-state index contributed by atoms with van der Waals surface area (Å²) in [5.74, 6) is 1.97. The van der Waals surface area contributed by atoms with E-state index < -0.39 is 0 Å². The van der Waals surface area contributed by atoms with E-state index in [-0.39, 0.29) is 5.91 Å². The van der Waals surface area contributed by atoms with Gasteiger partial charge in [-0.2, -0.15) is 0 Å². The van der Waals surface area contributed by atoms with E-state index in [2.05, 4.69) is 5.32 Å². The minimum absolute atomic E-state index is 0.217. The molecule has 1 aromatic heterocycles. The summed E-state index contributed by atoms with van der Waals surface area (Å²) in [6, 6.07) is 9.56. The molecule has 0 fully saturated rings.